The molecule has 0 aliphatic heterocycles. The predicted octanol–water partition coefficient (Wildman–Crippen LogP) is 5.05. The van der Waals surface area contributed by atoms with Gasteiger partial charge in [-0.1, -0.05) is 36.4 Å². The molecule has 0 aliphatic rings. The van der Waals surface area contributed by atoms with E-state index < -0.39 is 0 Å². The number of thiocarbonyl (C=S) groups is 1. The van der Waals surface area contributed by atoms with Crippen LogP contribution in [0.5, 0.6) is 0 Å². The topological polar surface area (TPSA) is 59.7 Å². The van der Waals surface area contributed by atoms with E-state index in [0.717, 1.165) is 22.6 Å². The number of aromatic nitrogens is 4. The molecule has 2 aromatic heterocycles. The second kappa shape index (κ2) is 9.32. The van der Waals surface area contributed by atoms with Crippen molar-refractivity contribution in [1.29, 1.82) is 0 Å². The molecule has 32 heavy (non-hydrogen) atoms. The van der Waals surface area contributed by atoms with E-state index in [1.165, 1.54) is 23.3 Å². The molecule has 0 atom stereocenters. The molecule has 2 heterocycles. The average Bonchev–Trinajstić information content (AvgIpc) is 3.29. The lowest BCUT2D eigenvalue weighted by molar-refractivity contribution is 0.616. The molecule has 2 N–H and O–H groups in total. The second-order valence-electron chi connectivity index (χ2n) is 7.74. The molecular formula is C24H25FN6S. The van der Waals surface area contributed by atoms with Crippen molar-refractivity contribution >= 4 is 28.8 Å². The Morgan fingerprint density at radius 2 is 1.78 bits per heavy atom. The number of hydrogen-bond acceptors (Lipinski definition) is 3. The minimum atomic E-state index is -0.255. The first-order valence-electron chi connectivity index (χ1n) is 10.3. The van der Waals surface area contributed by atoms with Gasteiger partial charge in [0, 0.05) is 12.3 Å². The minimum Gasteiger partial charge on any atom is -0.329 e. The highest BCUT2D eigenvalue weighted by molar-refractivity contribution is 7.80. The maximum absolute atomic E-state index is 13.5. The Balaban J connectivity index is 1.41. The Hall–Kier alpha value is -3.52. The zero-order valence-corrected chi connectivity index (χ0v) is 19.1. The normalized spacial score (nSPS) is 10.9. The Morgan fingerprint density at radius 3 is 2.56 bits per heavy atom. The summed E-state index contributed by atoms with van der Waals surface area (Å²) in [5.41, 5.74) is 5.87. The van der Waals surface area contributed by atoms with Crippen molar-refractivity contribution in [2.45, 2.75) is 33.9 Å². The fourth-order valence-corrected chi connectivity index (χ4v) is 3.79. The van der Waals surface area contributed by atoms with Gasteiger partial charge in [-0.05, 0) is 61.8 Å². The van der Waals surface area contributed by atoms with Crippen molar-refractivity contribution in [3.8, 4) is 0 Å². The van der Waals surface area contributed by atoms with Gasteiger partial charge in [-0.2, -0.15) is 10.2 Å². The number of rotatable bonds is 6. The molecule has 164 valence electrons. The van der Waals surface area contributed by atoms with Crippen LogP contribution in [0.2, 0.25) is 0 Å². The van der Waals surface area contributed by atoms with Gasteiger partial charge in [0.05, 0.1) is 30.2 Å². The molecule has 8 heteroatoms. The van der Waals surface area contributed by atoms with Gasteiger partial charge in [-0.3, -0.25) is 9.36 Å². The first kappa shape index (κ1) is 21.7. The van der Waals surface area contributed by atoms with Crippen molar-refractivity contribution in [1.82, 2.24) is 19.6 Å². The van der Waals surface area contributed by atoms with E-state index in [2.05, 4.69) is 39.9 Å². The average molecular weight is 449 g/mol. The highest BCUT2D eigenvalue weighted by atomic mass is 32.1. The molecule has 0 radical (unpaired) electrons. The van der Waals surface area contributed by atoms with E-state index >= 15 is 0 Å². The van der Waals surface area contributed by atoms with Gasteiger partial charge in [-0.15, -0.1) is 0 Å². The molecule has 0 saturated heterocycles. The number of benzene rings is 2. The third kappa shape index (κ3) is 5.03. The first-order valence-corrected chi connectivity index (χ1v) is 10.7. The molecule has 0 amide bonds. The number of halogens is 1. The monoisotopic (exact) mass is 448 g/mol. The first-order chi connectivity index (χ1) is 15.4. The van der Waals surface area contributed by atoms with E-state index in [4.69, 9.17) is 12.2 Å². The third-order valence-corrected chi connectivity index (χ3v) is 5.52. The third-order valence-electron chi connectivity index (χ3n) is 5.32. The molecule has 0 spiro atoms. The van der Waals surface area contributed by atoms with Crippen molar-refractivity contribution in [3.63, 3.8) is 0 Å². The zero-order chi connectivity index (χ0) is 22.7. The molecule has 4 aromatic rings. The van der Waals surface area contributed by atoms with Gasteiger partial charge in [0.1, 0.15) is 5.82 Å². The zero-order valence-electron chi connectivity index (χ0n) is 18.3. The molecule has 6 nitrogen and oxygen atoms in total. The van der Waals surface area contributed by atoms with Gasteiger partial charge >= 0.3 is 0 Å². The Morgan fingerprint density at radius 1 is 0.969 bits per heavy atom. The summed E-state index contributed by atoms with van der Waals surface area (Å²) in [4.78, 5) is 0. The van der Waals surface area contributed by atoms with Crippen molar-refractivity contribution < 1.29 is 4.39 Å². The van der Waals surface area contributed by atoms with Gasteiger partial charge in [0.15, 0.2) is 10.9 Å². The lowest BCUT2D eigenvalue weighted by Crippen LogP contribution is -2.20. The number of anilines is 2. The van der Waals surface area contributed by atoms with Crippen LogP contribution in [0.3, 0.4) is 0 Å². The fraction of sp³-hybridized carbons (Fsp3) is 0.208. The molecule has 0 bridgehead atoms. The van der Waals surface area contributed by atoms with E-state index in [9.17, 15) is 4.39 Å². The second-order valence-corrected chi connectivity index (χ2v) is 8.15. The Bertz CT molecular complexity index is 1260. The number of hydrogen-bond donors (Lipinski definition) is 2. The van der Waals surface area contributed by atoms with Crippen LogP contribution in [-0.4, -0.2) is 24.7 Å². The highest BCUT2D eigenvalue weighted by Gasteiger charge is 2.14. The lowest BCUT2D eigenvalue weighted by atomic mass is 10.1. The van der Waals surface area contributed by atoms with Crippen LogP contribution in [0, 0.1) is 26.6 Å². The van der Waals surface area contributed by atoms with Crippen LogP contribution in [0.15, 0.2) is 60.8 Å². The molecule has 0 saturated carbocycles. The molecular weight excluding hydrogens is 423 g/mol. The van der Waals surface area contributed by atoms with Crippen LogP contribution in [-0.2, 0) is 13.1 Å². The van der Waals surface area contributed by atoms with Gasteiger partial charge < -0.3 is 10.6 Å². The number of aryl methyl sites for hydroxylation is 2. The molecule has 0 unspecified atom stereocenters. The van der Waals surface area contributed by atoms with Gasteiger partial charge in [0.25, 0.3) is 0 Å². The Kier molecular flexibility index (Phi) is 6.32. The maximum atomic E-state index is 13.5. The molecule has 2 aromatic carbocycles. The van der Waals surface area contributed by atoms with Crippen LogP contribution >= 0.6 is 12.2 Å². The fourth-order valence-electron chi connectivity index (χ4n) is 3.58. The van der Waals surface area contributed by atoms with Crippen molar-refractivity contribution in [2.75, 3.05) is 10.6 Å². The molecule has 0 aliphatic carbocycles. The van der Waals surface area contributed by atoms with Crippen LogP contribution < -0.4 is 10.6 Å². The van der Waals surface area contributed by atoms with Crippen LogP contribution in [0.25, 0.3) is 0 Å². The van der Waals surface area contributed by atoms with E-state index in [0.29, 0.717) is 24.0 Å². The van der Waals surface area contributed by atoms with Crippen molar-refractivity contribution in [3.05, 3.63) is 94.7 Å². The number of nitrogens with one attached hydrogen (secondary N) is 2. The van der Waals surface area contributed by atoms with Gasteiger partial charge in [0.2, 0.25) is 0 Å². The Labute approximate surface area is 192 Å². The van der Waals surface area contributed by atoms with E-state index in [-0.39, 0.29) is 5.82 Å². The van der Waals surface area contributed by atoms with Crippen LogP contribution in [0.1, 0.15) is 28.1 Å². The predicted molar refractivity (Wildman–Crippen MR) is 130 cm³/mol. The van der Waals surface area contributed by atoms with Crippen molar-refractivity contribution in [2.24, 2.45) is 0 Å². The van der Waals surface area contributed by atoms with E-state index in [1.807, 2.05) is 53.7 Å². The summed E-state index contributed by atoms with van der Waals surface area (Å²) < 4.78 is 17.2. The summed E-state index contributed by atoms with van der Waals surface area (Å²) in [6.45, 7) is 7.14. The maximum Gasteiger partial charge on any atom is 0.176 e. The molecule has 4 rings (SSSR count). The molecule has 0 fully saturated rings. The van der Waals surface area contributed by atoms with E-state index in [1.54, 1.807) is 6.07 Å². The SMILES string of the molecule is Cc1ccccc1Cn1ccc(NC(=S)Nc2c(C)nn(Cc3cccc(F)c3)c2C)n1. The summed E-state index contributed by atoms with van der Waals surface area (Å²) >= 11 is 5.50. The summed E-state index contributed by atoms with van der Waals surface area (Å²) in [6.07, 6.45) is 1.92. The smallest absolute Gasteiger partial charge is 0.176 e. The highest BCUT2D eigenvalue weighted by Crippen LogP contribution is 2.21. The quantitative estimate of drug-likeness (QED) is 0.404. The van der Waals surface area contributed by atoms with Crippen LogP contribution in [0.4, 0.5) is 15.9 Å². The summed E-state index contributed by atoms with van der Waals surface area (Å²) in [5.74, 6) is 0.410. The number of nitrogens with zero attached hydrogens (tertiary/aromatic N) is 4. The lowest BCUT2D eigenvalue weighted by Gasteiger charge is -2.10. The largest absolute Gasteiger partial charge is 0.329 e. The van der Waals surface area contributed by atoms with Gasteiger partial charge in [-0.25, -0.2) is 4.39 Å². The summed E-state index contributed by atoms with van der Waals surface area (Å²) in [7, 11) is 0. The summed E-state index contributed by atoms with van der Waals surface area (Å²) in [6, 6.07) is 16.7. The minimum absolute atomic E-state index is 0.255. The standard InChI is InChI=1S/C24H25FN6S/c1-16-7-4-5-9-20(16)15-30-12-11-22(29-30)26-24(32)27-23-17(2)28-31(18(23)3)14-19-8-6-10-21(25)13-19/h4-13H,14-15H2,1-3H3,(H2,26,27,29,32). The summed E-state index contributed by atoms with van der Waals surface area (Å²) in [5, 5.41) is 15.9.